The second-order valence-electron chi connectivity index (χ2n) is 3.73. The molecule has 0 aliphatic carbocycles. The van der Waals surface area contributed by atoms with Gasteiger partial charge in [-0.2, -0.15) is 0 Å². The van der Waals surface area contributed by atoms with Crippen LogP contribution in [0.2, 0.25) is 0 Å². The van der Waals surface area contributed by atoms with E-state index in [2.05, 4.69) is 5.32 Å². The normalized spacial score (nSPS) is 13.1. The van der Waals surface area contributed by atoms with Crippen LogP contribution in [-0.2, 0) is 14.3 Å². The molecule has 0 aromatic heterocycles. The molecule has 0 aromatic rings. The lowest BCUT2D eigenvalue weighted by atomic mass is 10.1. The Morgan fingerprint density at radius 1 is 1.41 bits per heavy atom. The van der Waals surface area contributed by atoms with E-state index in [0.29, 0.717) is 12.3 Å². The lowest BCUT2D eigenvalue weighted by Crippen LogP contribution is -2.30. The summed E-state index contributed by atoms with van der Waals surface area (Å²) in [6.07, 6.45) is 2.34. The Bertz CT molecular complexity index is 286. The summed E-state index contributed by atoms with van der Waals surface area (Å²) in [5, 5.41) is 11.7. The van der Waals surface area contributed by atoms with Gasteiger partial charge in [0.15, 0.2) is 5.78 Å². The largest absolute Gasteiger partial charge is 0.463 e. The highest BCUT2D eigenvalue weighted by Crippen LogP contribution is 2.02. The molecule has 0 aliphatic heterocycles. The summed E-state index contributed by atoms with van der Waals surface area (Å²) in [7, 11) is 0. The second-order valence-corrected chi connectivity index (χ2v) is 3.73. The molecule has 0 saturated carbocycles. The van der Waals surface area contributed by atoms with E-state index in [4.69, 9.17) is 9.84 Å². The summed E-state index contributed by atoms with van der Waals surface area (Å²) in [6, 6.07) is -0.0691. The minimum Gasteiger partial charge on any atom is -0.463 e. The van der Waals surface area contributed by atoms with Crippen molar-refractivity contribution in [3.8, 4) is 0 Å². The van der Waals surface area contributed by atoms with Crippen LogP contribution in [0.5, 0.6) is 0 Å². The van der Waals surface area contributed by atoms with Gasteiger partial charge in [0.05, 0.1) is 6.61 Å². The van der Waals surface area contributed by atoms with E-state index in [1.807, 2.05) is 6.92 Å². The first kappa shape index (κ1) is 15.6. The van der Waals surface area contributed by atoms with Crippen LogP contribution in [0.3, 0.4) is 0 Å². The predicted molar refractivity (Wildman–Crippen MR) is 64.3 cm³/mol. The van der Waals surface area contributed by atoms with Gasteiger partial charge in [-0.25, -0.2) is 4.79 Å². The van der Waals surface area contributed by atoms with Gasteiger partial charge in [-0.1, -0.05) is 6.92 Å². The molecular formula is C12H21NO4. The highest BCUT2D eigenvalue weighted by atomic mass is 16.5. The molecule has 0 aliphatic rings. The predicted octanol–water partition coefficient (Wildman–Crippen LogP) is 0.773. The molecule has 0 radical (unpaired) electrons. The molecule has 0 bridgehead atoms. The monoisotopic (exact) mass is 243 g/mol. The van der Waals surface area contributed by atoms with Gasteiger partial charge in [0.1, 0.15) is 6.61 Å². The Hall–Kier alpha value is -1.36. The first-order valence-corrected chi connectivity index (χ1v) is 5.77. The Morgan fingerprint density at radius 3 is 2.53 bits per heavy atom. The van der Waals surface area contributed by atoms with Crippen LogP contribution < -0.4 is 5.32 Å². The molecule has 5 nitrogen and oxygen atoms in total. The number of rotatable bonds is 8. The van der Waals surface area contributed by atoms with Crippen molar-refractivity contribution in [3.63, 3.8) is 0 Å². The van der Waals surface area contributed by atoms with Crippen molar-refractivity contribution >= 4 is 11.8 Å². The number of ether oxygens (including phenoxy) is 1. The van der Waals surface area contributed by atoms with Crippen LogP contribution in [-0.4, -0.2) is 36.1 Å². The Morgan fingerprint density at radius 2 is 2.06 bits per heavy atom. The van der Waals surface area contributed by atoms with Crippen LogP contribution >= 0.6 is 0 Å². The number of nitrogens with one attached hydrogen (secondary N) is 1. The summed E-state index contributed by atoms with van der Waals surface area (Å²) in [4.78, 5) is 22.2. The van der Waals surface area contributed by atoms with E-state index in [1.54, 1.807) is 13.8 Å². The number of carbonyl (C=O) groups is 2. The fourth-order valence-electron chi connectivity index (χ4n) is 1.36. The third-order valence-electron chi connectivity index (χ3n) is 2.20. The number of aliphatic hydroxyl groups is 1. The molecule has 17 heavy (non-hydrogen) atoms. The highest BCUT2D eigenvalue weighted by Gasteiger charge is 2.11. The Kier molecular flexibility index (Phi) is 8.05. The van der Waals surface area contributed by atoms with Crippen molar-refractivity contribution in [2.45, 2.75) is 39.7 Å². The number of aliphatic hydroxyl groups excluding tert-OH is 1. The summed E-state index contributed by atoms with van der Waals surface area (Å²) in [5.41, 5.74) is 0.654. The Labute approximate surface area is 102 Å². The van der Waals surface area contributed by atoms with Gasteiger partial charge >= 0.3 is 5.97 Å². The molecule has 1 unspecified atom stereocenters. The maximum absolute atomic E-state index is 11.2. The topological polar surface area (TPSA) is 75.6 Å². The minimum absolute atomic E-state index is 0.0691. The van der Waals surface area contributed by atoms with Crippen molar-refractivity contribution in [2.24, 2.45) is 0 Å². The number of esters is 1. The van der Waals surface area contributed by atoms with Crippen LogP contribution in [0, 0.1) is 0 Å². The van der Waals surface area contributed by atoms with Crippen LogP contribution in [0.4, 0.5) is 0 Å². The maximum Gasteiger partial charge on any atom is 0.332 e. The summed E-state index contributed by atoms with van der Waals surface area (Å²) >= 11 is 0. The van der Waals surface area contributed by atoms with Gasteiger partial charge in [0, 0.05) is 24.2 Å². The molecule has 0 fully saturated rings. The standard InChI is InChI=1S/C12H21NO4/c1-4-10(7-11(15)8-14)13-9(3)6-12(16)17-5-2/h6,10,13-14H,4-5,7-8H2,1-3H3/b9-6+. The van der Waals surface area contributed by atoms with Crippen molar-refractivity contribution in [1.29, 1.82) is 0 Å². The van der Waals surface area contributed by atoms with E-state index in [1.165, 1.54) is 6.08 Å². The van der Waals surface area contributed by atoms with Gasteiger partial charge in [-0.05, 0) is 20.3 Å². The molecule has 0 saturated heterocycles. The zero-order valence-corrected chi connectivity index (χ0v) is 10.7. The maximum atomic E-state index is 11.2. The minimum atomic E-state index is -0.446. The zero-order chi connectivity index (χ0) is 13.3. The first-order chi connectivity index (χ1) is 8.03. The molecule has 0 heterocycles. The Balaban J connectivity index is 4.26. The molecule has 0 aromatic carbocycles. The fraction of sp³-hybridized carbons (Fsp3) is 0.667. The molecule has 2 N–H and O–H groups in total. The summed E-state index contributed by atoms with van der Waals surface area (Å²) < 4.78 is 4.77. The van der Waals surface area contributed by atoms with E-state index >= 15 is 0 Å². The average molecular weight is 243 g/mol. The quantitative estimate of drug-likeness (QED) is 0.486. The van der Waals surface area contributed by atoms with E-state index in [-0.39, 0.29) is 18.2 Å². The molecular weight excluding hydrogens is 222 g/mol. The van der Waals surface area contributed by atoms with Gasteiger partial charge in [0.2, 0.25) is 0 Å². The first-order valence-electron chi connectivity index (χ1n) is 5.77. The van der Waals surface area contributed by atoms with Crippen molar-refractivity contribution < 1.29 is 19.4 Å². The third kappa shape index (κ3) is 7.52. The number of carbonyl (C=O) groups excluding carboxylic acids is 2. The number of hydrogen-bond acceptors (Lipinski definition) is 5. The molecule has 98 valence electrons. The van der Waals surface area contributed by atoms with Gasteiger partial charge in [-0.3, -0.25) is 4.79 Å². The van der Waals surface area contributed by atoms with E-state index in [0.717, 1.165) is 6.42 Å². The van der Waals surface area contributed by atoms with Crippen LogP contribution in [0.15, 0.2) is 11.8 Å². The van der Waals surface area contributed by atoms with E-state index < -0.39 is 12.6 Å². The number of Topliss-reactive ketones (excluding diaryl/α,β-unsaturated/α-hetero) is 1. The number of ketones is 1. The van der Waals surface area contributed by atoms with Gasteiger partial charge in [0.25, 0.3) is 0 Å². The highest BCUT2D eigenvalue weighted by molar-refractivity contribution is 5.82. The van der Waals surface area contributed by atoms with Crippen molar-refractivity contribution in [1.82, 2.24) is 5.32 Å². The second kappa shape index (κ2) is 8.75. The summed E-state index contributed by atoms with van der Waals surface area (Å²) in [5.74, 6) is -0.617. The molecule has 5 heteroatoms. The van der Waals surface area contributed by atoms with Crippen molar-refractivity contribution in [3.05, 3.63) is 11.8 Å². The van der Waals surface area contributed by atoms with Gasteiger partial charge < -0.3 is 15.2 Å². The molecule has 0 amide bonds. The van der Waals surface area contributed by atoms with Crippen LogP contribution in [0.1, 0.15) is 33.6 Å². The molecule has 1 atom stereocenters. The number of hydrogen-bond donors (Lipinski definition) is 2. The lowest BCUT2D eigenvalue weighted by Gasteiger charge is -2.17. The number of allylic oxidation sites excluding steroid dienone is 1. The van der Waals surface area contributed by atoms with Crippen molar-refractivity contribution in [2.75, 3.05) is 13.2 Å². The van der Waals surface area contributed by atoms with Gasteiger partial charge in [-0.15, -0.1) is 0 Å². The third-order valence-corrected chi connectivity index (χ3v) is 2.20. The average Bonchev–Trinajstić information content (AvgIpc) is 2.27. The molecule has 0 rings (SSSR count). The summed E-state index contributed by atoms with van der Waals surface area (Å²) in [6.45, 7) is 5.30. The van der Waals surface area contributed by atoms with Crippen LogP contribution in [0.25, 0.3) is 0 Å². The molecule has 0 spiro atoms. The van der Waals surface area contributed by atoms with E-state index in [9.17, 15) is 9.59 Å². The zero-order valence-electron chi connectivity index (χ0n) is 10.7. The smallest absolute Gasteiger partial charge is 0.332 e. The SMILES string of the molecule is CCOC(=O)/C=C(\C)NC(CC)CC(=O)CO. The lowest BCUT2D eigenvalue weighted by molar-refractivity contribution is -0.137. The fourth-order valence-corrected chi connectivity index (χ4v) is 1.36.